The normalized spacial score (nSPS) is 10.9. The van der Waals surface area contributed by atoms with Crippen molar-refractivity contribution in [3.8, 4) is 16.9 Å². The van der Waals surface area contributed by atoms with Crippen LogP contribution in [0.5, 0.6) is 5.75 Å². The van der Waals surface area contributed by atoms with Crippen LogP contribution in [0, 0.1) is 13.8 Å². The van der Waals surface area contributed by atoms with E-state index in [9.17, 15) is 14.7 Å². The molecule has 0 fully saturated rings. The summed E-state index contributed by atoms with van der Waals surface area (Å²) in [4.78, 5) is 36.2. The fourth-order valence-corrected chi connectivity index (χ4v) is 3.02. The molecule has 0 saturated heterocycles. The van der Waals surface area contributed by atoms with Crippen LogP contribution in [0.1, 0.15) is 11.3 Å². The Morgan fingerprint density at radius 2 is 1.93 bits per heavy atom. The Bertz CT molecular complexity index is 1320. The van der Waals surface area contributed by atoms with Crippen molar-refractivity contribution in [3.05, 3.63) is 74.7 Å². The summed E-state index contributed by atoms with van der Waals surface area (Å²) < 4.78 is 5.07. The van der Waals surface area contributed by atoms with Gasteiger partial charge in [0.2, 0.25) is 5.95 Å². The van der Waals surface area contributed by atoms with Crippen LogP contribution in [0.3, 0.4) is 0 Å². The molecule has 3 heterocycles. The van der Waals surface area contributed by atoms with E-state index in [0.717, 1.165) is 11.3 Å². The van der Waals surface area contributed by atoms with Gasteiger partial charge in [-0.1, -0.05) is 18.2 Å². The Balaban J connectivity index is 1.90. The lowest BCUT2D eigenvalue weighted by molar-refractivity contribution is 0.438. The summed E-state index contributed by atoms with van der Waals surface area (Å²) in [6.07, 6.45) is 1.42. The van der Waals surface area contributed by atoms with Gasteiger partial charge in [-0.2, -0.15) is 4.98 Å². The molecular weight excluding hydrogens is 360 g/mol. The van der Waals surface area contributed by atoms with Gasteiger partial charge in [-0.3, -0.25) is 9.78 Å². The summed E-state index contributed by atoms with van der Waals surface area (Å²) in [7, 11) is 0. The van der Waals surface area contributed by atoms with Crippen LogP contribution in [0.4, 0.5) is 11.6 Å². The first-order valence-corrected chi connectivity index (χ1v) is 8.50. The van der Waals surface area contributed by atoms with Crippen LogP contribution in [0.15, 0.2) is 56.6 Å². The van der Waals surface area contributed by atoms with E-state index in [2.05, 4.69) is 20.3 Å². The molecule has 8 heteroatoms. The van der Waals surface area contributed by atoms with Crippen LogP contribution in [-0.4, -0.2) is 20.1 Å². The van der Waals surface area contributed by atoms with Crippen molar-refractivity contribution < 1.29 is 9.52 Å². The molecule has 4 rings (SSSR count). The van der Waals surface area contributed by atoms with E-state index in [-0.39, 0.29) is 39.6 Å². The number of hydrogen-bond acceptors (Lipinski definition) is 7. The van der Waals surface area contributed by atoms with Crippen molar-refractivity contribution in [2.45, 2.75) is 13.8 Å². The van der Waals surface area contributed by atoms with Gasteiger partial charge in [0.1, 0.15) is 17.1 Å². The number of pyridine rings is 1. The molecule has 0 saturated carbocycles. The average molecular weight is 376 g/mol. The standard InChI is InChI=1S/C20H16N4O4/c1-10-5-3-4-6-13(10)22-20-23-17-16(18(26)24-20)12(7-8-21-17)15-14(25)9-11(2)28-19(15)27/h3-9,25H,1-2H3,(H2,21,22,23,24,26). The van der Waals surface area contributed by atoms with Crippen LogP contribution in [0.2, 0.25) is 0 Å². The van der Waals surface area contributed by atoms with E-state index in [1.54, 1.807) is 6.92 Å². The highest BCUT2D eigenvalue weighted by Crippen LogP contribution is 2.30. The topological polar surface area (TPSA) is 121 Å². The molecule has 0 spiro atoms. The molecule has 3 aromatic heterocycles. The zero-order valence-corrected chi connectivity index (χ0v) is 15.1. The summed E-state index contributed by atoms with van der Waals surface area (Å²) in [6.45, 7) is 3.48. The van der Waals surface area contributed by atoms with Gasteiger partial charge in [0.05, 0.1) is 5.39 Å². The maximum absolute atomic E-state index is 12.8. The number of fused-ring (bicyclic) bond motifs is 1. The first-order chi connectivity index (χ1) is 13.4. The second-order valence-electron chi connectivity index (χ2n) is 6.32. The molecule has 1 aromatic carbocycles. The molecule has 0 aliphatic heterocycles. The van der Waals surface area contributed by atoms with Gasteiger partial charge in [0.25, 0.3) is 5.56 Å². The van der Waals surface area contributed by atoms with Crippen molar-refractivity contribution in [3.63, 3.8) is 0 Å². The number of rotatable bonds is 3. The van der Waals surface area contributed by atoms with Gasteiger partial charge >= 0.3 is 5.63 Å². The molecule has 0 atom stereocenters. The van der Waals surface area contributed by atoms with Crippen molar-refractivity contribution in [2.75, 3.05) is 5.32 Å². The monoisotopic (exact) mass is 376 g/mol. The van der Waals surface area contributed by atoms with Crippen LogP contribution in [-0.2, 0) is 0 Å². The first kappa shape index (κ1) is 17.5. The minimum Gasteiger partial charge on any atom is -0.507 e. The lowest BCUT2D eigenvalue weighted by Crippen LogP contribution is -2.14. The highest BCUT2D eigenvalue weighted by Gasteiger charge is 2.18. The summed E-state index contributed by atoms with van der Waals surface area (Å²) in [5, 5.41) is 13.4. The highest BCUT2D eigenvalue weighted by atomic mass is 16.4. The number of aryl methyl sites for hydroxylation is 2. The van der Waals surface area contributed by atoms with Crippen molar-refractivity contribution >= 4 is 22.7 Å². The molecule has 8 nitrogen and oxygen atoms in total. The predicted octanol–water partition coefficient (Wildman–Crippen LogP) is 3.00. The minimum absolute atomic E-state index is 0.0873. The van der Waals surface area contributed by atoms with E-state index in [1.807, 2.05) is 31.2 Å². The van der Waals surface area contributed by atoms with Gasteiger partial charge in [0.15, 0.2) is 5.65 Å². The molecule has 4 aromatic rings. The molecular formula is C20H16N4O4. The number of aromatic hydroxyl groups is 1. The van der Waals surface area contributed by atoms with Crippen LogP contribution < -0.4 is 16.5 Å². The van der Waals surface area contributed by atoms with E-state index in [1.165, 1.54) is 18.3 Å². The molecule has 0 bridgehead atoms. The third-order valence-electron chi connectivity index (χ3n) is 4.33. The lowest BCUT2D eigenvalue weighted by atomic mass is 10.0. The van der Waals surface area contributed by atoms with E-state index < -0.39 is 11.2 Å². The zero-order valence-electron chi connectivity index (χ0n) is 15.1. The van der Waals surface area contributed by atoms with Crippen molar-refractivity contribution in [1.82, 2.24) is 15.0 Å². The number of benzene rings is 1. The average Bonchev–Trinajstić information content (AvgIpc) is 2.63. The predicted molar refractivity (Wildman–Crippen MR) is 105 cm³/mol. The summed E-state index contributed by atoms with van der Waals surface area (Å²) >= 11 is 0. The summed E-state index contributed by atoms with van der Waals surface area (Å²) in [6, 6.07) is 10.3. The molecule has 140 valence electrons. The largest absolute Gasteiger partial charge is 0.507 e. The number of hydrogen-bond donors (Lipinski definition) is 3. The summed E-state index contributed by atoms with van der Waals surface area (Å²) in [5.41, 5.74) is 0.760. The molecule has 0 aliphatic carbocycles. The number of H-pyrrole nitrogens is 1. The fourth-order valence-electron chi connectivity index (χ4n) is 3.02. The van der Waals surface area contributed by atoms with Crippen molar-refractivity contribution in [1.29, 1.82) is 0 Å². The summed E-state index contributed by atoms with van der Waals surface area (Å²) in [5.74, 6) is 0.209. The van der Waals surface area contributed by atoms with Crippen LogP contribution in [0.25, 0.3) is 22.2 Å². The Morgan fingerprint density at radius 1 is 1.14 bits per heavy atom. The second kappa shape index (κ2) is 6.66. The Morgan fingerprint density at radius 3 is 2.68 bits per heavy atom. The van der Waals surface area contributed by atoms with E-state index in [4.69, 9.17) is 4.42 Å². The van der Waals surface area contributed by atoms with Crippen molar-refractivity contribution in [2.24, 2.45) is 0 Å². The number of aromatic nitrogens is 3. The first-order valence-electron chi connectivity index (χ1n) is 8.50. The van der Waals surface area contributed by atoms with Crippen LogP contribution >= 0.6 is 0 Å². The maximum atomic E-state index is 12.8. The number of nitrogens with zero attached hydrogens (tertiary/aromatic N) is 2. The molecule has 3 N–H and O–H groups in total. The molecule has 0 radical (unpaired) electrons. The third kappa shape index (κ3) is 3.01. The smallest absolute Gasteiger partial charge is 0.347 e. The van der Waals surface area contributed by atoms with Gasteiger partial charge in [0, 0.05) is 23.5 Å². The highest BCUT2D eigenvalue weighted by molar-refractivity contribution is 5.93. The number of aromatic amines is 1. The van der Waals surface area contributed by atoms with Gasteiger partial charge in [-0.15, -0.1) is 0 Å². The SMILES string of the molecule is Cc1cc(O)c(-c2ccnc3nc(Nc4ccccc4C)[nH]c(=O)c23)c(=O)o1. The van der Waals surface area contributed by atoms with Gasteiger partial charge < -0.3 is 14.8 Å². The Labute approximate surface area is 158 Å². The number of anilines is 2. The Kier molecular flexibility index (Phi) is 4.15. The van der Waals surface area contributed by atoms with Gasteiger partial charge in [-0.05, 0) is 31.5 Å². The van der Waals surface area contributed by atoms with E-state index in [0.29, 0.717) is 0 Å². The van der Waals surface area contributed by atoms with E-state index >= 15 is 0 Å². The molecule has 28 heavy (non-hydrogen) atoms. The maximum Gasteiger partial charge on any atom is 0.347 e. The zero-order chi connectivity index (χ0) is 19.8. The Hall–Kier alpha value is -3.94. The quantitative estimate of drug-likeness (QED) is 0.502. The molecule has 0 amide bonds. The molecule has 0 aliphatic rings. The number of nitrogens with one attached hydrogen (secondary N) is 2. The minimum atomic E-state index is -0.744. The second-order valence-corrected chi connectivity index (χ2v) is 6.32. The number of para-hydroxylation sites is 1. The lowest BCUT2D eigenvalue weighted by Gasteiger charge is -2.10. The van der Waals surface area contributed by atoms with Gasteiger partial charge in [-0.25, -0.2) is 9.78 Å². The fraction of sp³-hybridized carbons (Fsp3) is 0.100. The molecule has 0 unspecified atom stereocenters. The third-order valence-corrected chi connectivity index (χ3v) is 4.33.